The first-order valence-corrected chi connectivity index (χ1v) is 7.81. The molecule has 0 aliphatic heterocycles. The SMILES string of the molecule is COc1ccc(OC)c2sc(NC(=O)c3ccc(C#N)cc3)nc12. The van der Waals surface area contributed by atoms with Crippen LogP contribution in [0.15, 0.2) is 36.4 Å². The summed E-state index contributed by atoms with van der Waals surface area (Å²) in [5.41, 5.74) is 1.59. The summed E-state index contributed by atoms with van der Waals surface area (Å²) < 4.78 is 11.4. The van der Waals surface area contributed by atoms with Crippen molar-refractivity contribution in [3.05, 3.63) is 47.5 Å². The van der Waals surface area contributed by atoms with Crippen molar-refractivity contribution in [3.8, 4) is 17.6 Å². The molecule has 3 rings (SSSR count). The monoisotopic (exact) mass is 339 g/mol. The molecule has 24 heavy (non-hydrogen) atoms. The Hall–Kier alpha value is -3.11. The third kappa shape index (κ3) is 2.87. The summed E-state index contributed by atoms with van der Waals surface area (Å²) in [5.74, 6) is 0.986. The van der Waals surface area contributed by atoms with E-state index in [1.54, 1.807) is 50.6 Å². The lowest BCUT2D eigenvalue weighted by molar-refractivity contribution is 0.102. The second-order valence-corrected chi connectivity index (χ2v) is 5.81. The van der Waals surface area contributed by atoms with E-state index in [0.29, 0.717) is 33.3 Å². The normalized spacial score (nSPS) is 10.2. The second-order valence-electron chi connectivity index (χ2n) is 4.81. The summed E-state index contributed by atoms with van der Waals surface area (Å²) in [6.07, 6.45) is 0. The number of fused-ring (bicyclic) bond motifs is 1. The Labute approximate surface area is 142 Å². The van der Waals surface area contributed by atoms with Crippen LogP contribution in [0.25, 0.3) is 10.2 Å². The fourth-order valence-electron chi connectivity index (χ4n) is 2.20. The van der Waals surface area contributed by atoms with Crippen LogP contribution in [-0.2, 0) is 0 Å². The molecule has 1 aromatic heterocycles. The maximum Gasteiger partial charge on any atom is 0.257 e. The number of amides is 1. The minimum Gasteiger partial charge on any atom is -0.495 e. The van der Waals surface area contributed by atoms with Gasteiger partial charge in [-0.05, 0) is 36.4 Å². The highest BCUT2D eigenvalue weighted by Gasteiger charge is 2.15. The maximum absolute atomic E-state index is 12.3. The summed E-state index contributed by atoms with van der Waals surface area (Å²) >= 11 is 1.31. The first-order valence-electron chi connectivity index (χ1n) is 6.99. The van der Waals surface area contributed by atoms with E-state index in [-0.39, 0.29) is 5.91 Å². The molecule has 6 nitrogen and oxygen atoms in total. The molecule has 0 aliphatic carbocycles. The number of aromatic nitrogens is 1. The van der Waals surface area contributed by atoms with Gasteiger partial charge in [0.05, 0.1) is 25.9 Å². The number of methoxy groups -OCH3 is 2. The molecule has 0 fully saturated rings. The zero-order chi connectivity index (χ0) is 17.1. The molecule has 1 N–H and O–H groups in total. The lowest BCUT2D eigenvalue weighted by atomic mass is 10.1. The van der Waals surface area contributed by atoms with Crippen LogP contribution in [0, 0.1) is 11.3 Å². The van der Waals surface area contributed by atoms with Gasteiger partial charge in [-0.15, -0.1) is 0 Å². The van der Waals surface area contributed by atoms with Crippen molar-refractivity contribution in [2.24, 2.45) is 0 Å². The molecule has 0 aliphatic rings. The first kappa shape index (κ1) is 15.8. The molecule has 7 heteroatoms. The van der Waals surface area contributed by atoms with E-state index < -0.39 is 0 Å². The van der Waals surface area contributed by atoms with Crippen molar-refractivity contribution in [1.29, 1.82) is 5.26 Å². The van der Waals surface area contributed by atoms with Gasteiger partial charge in [0.25, 0.3) is 5.91 Å². The maximum atomic E-state index is 12.3. The number of hydrogen-bond donors (Lipinski definition) is 1. The molecule has 0 spiro atoms. The standard InChI is InChI=1S/C17H13N3O3S/c1-22-12-7-8-13(23-2)15-14(12)19-17(24-15)20-16(21)11-5-3-10(9-18)4-6-11/h3-8H,1-2H3,(H,19,20,21). The Morgan fingerprint density at radius 3 is 2.42 bits per heavy atom. The molecule has 3 aromatic rings. The molecule has 120 valence electrons. The van der Waals surface area contributed by atoms with E-state index in [2.05, 4.69) is 10.3 Å². The van der Waals surface area contributed by atoms with Crippen LogP contribution in [0.5, 0.6) is 11.5 Å². The predicted molar refractivity (Wildman–Crippen MR) is 91.8 cm³/mol. The number of carbonyl (C=O) groups is 1. The molecule has 0 saturated carbocycles. The van der Waals surface area contributed by atoms with Crippen LogP contribution in [0.3, 0.4) is 0 Å². The summed E-state index contributed by atoms with van der Waals surface area (Å²) in [4.78, 5) is 16.7. The van der Waals surface area contributed by atoms with Gasteiger partial charge in [0.2, 0.25) is 0 Å². The molecule has 0 saturated heterocycles. The van der Waals surface area contributed by atoms with E-state index in [0.717, 1.165) is 4.70 Å². The second kappa shape index (κ2) is 6.56. The number of benzene rings is 2. The molecular formula is C17H13N3O3S. The Balaban J connectivity index is 1.92. The number of nitrogens with zero attached hydrogens (tertiary/aromatic N) is 2. The number of rotatable bonds is 4. The highest BCUT2D eigenvalue weighted by Crippen LogP contribution is 2.38. The topological polar surface area (TPSA) is 84.2 Å². The average Bonchev–Trinajstić information content (AvgIpc) is 3.04. The first-order chi connectivity index (χ1) is 11.7. The van der Waals surface area contributed by atoms with Gasteiger partial charge in [0.1, 0.15) is 21.7 Å². The van der Waals surface area contributed by atoms with Crippen molar-refractivity contribution in [3.63, 3.8) is 0 Å². The number of thiazole rings is 1. The summed E-state index contributed by atoms with van der Waals surface area (Å²) in [5, 5.41) is 12.0. The molecule has 0 unspecified atom stereocenters. The number of ether oxygens (including phenoxy) is 2. The van der Waals surface area contributed by atoms with E-state index in [4.69, 9.17) is 14.7 Å². The molecule has 2 aromatic carbocycles. The Bertz CT molecular complexity index is 901. The van der Waals surface area contributed by atoms with Gasteiger partial charge in [0, 0.05) is 5.56 Å². The summed E-state index contributed by atoms with van der Waals surface area (Å²) in [6, 6.07) is 12.0. The van der Waals surface area contributed by atoms with Gasteiger partial charge in [-0.25, -0.2) is 4.98 Å². The third-order valence-electron chi connectivity index (χ3n) is 3.41. The van der Waals surface area contributed by atoms with Crippen molar-refractivity contribution in [1.82, 2.24) is 4.98 Å². The van der Waals surface area contributed by atoms with Gasteiger partial charge in [0.15, 0.2) is 5.13 Å². The minimum absolute atomic E-state index is 0.295. The number of hydrogen-bond acceptors (Lipinski definition) is 6. The largest absolute Gasteiger partial charge is 0.495 e. The Morgan fingerprint density at radius 2 is 1.79 bits per heavy atom. The van der Waals surface area contributed by atoms with E-state index in [1.807, 2.05) is 6.07 Å². The van der Waals surface area contributed by atoms with Gasteiger partial charge in [-0.1, -0.05) is 11.3 Å². The van der Waals surface area contributed by atoms with Gasteiger partial charge >= 0.3 is 0 Å². The average molecular weight is 339 g/mol. The molecule has 1 amide bonds. The van der Waals surface area contributed by atoms with Crippen LogP contribution < -0.4 is 14.8 Å². The highest BCUT2D eigenvalue weighted by atomic mass is 32.1. The summed E-state index contributed by atoms with van der Waals surface area (Å²) in [7, 11) is 3.14. The predicted octanol–water partition coefficient (Wildman–Crippen LogP) is 3.44. The molecule has 1 heterocycles. The summed E-state index contributed by atoms with van der Waals surface area (Å²) in [6.45, 7) is 0. The van der Waals surface area contributed by atoms with Gasteiger partial charge in [-0.2, -0.15) is 5.26 Å². The van der Waals surface area contributed by atoms with Crippen LogP contribution in [0.2, 0.25) is 0 Å². The Morgan fingerprint density at radius 1 is 1.12 bits per heavy atom. The van der Waals surface area contributed by atoms with Crippen molar-refractivity contribution >= 4 is 32.6 Å². The van der Waals surface area contributed by atoms with Crippen molar-refractivity contribution < 1.29 is 14.3 Å². The molecule has 0 radical (unpaired) electrons. The van der Waals surface area contributed by atoms with Crippen LogP contribution in [-0.4, -0.2) is 25.1 Å². The minimum atomic E-state index is -0.295. The van der Waals surface area contributed by atoms with E-state index in [1.165, 1.54) is 11.3 Å². The Kier molecular flexibility index (Phi) is 4.31. The number of carbonyl (C=O) groups excluding carboxylic acids is 1. The van der Waals surface area contributed by atoms with E-state index in [9.17, 15) is 4.79 Å². The van der Waals surface area contributed by atoms with Gasteiger partial charge < -0.3 is 9.47 Å². The van der Waals surface area contributed by atoms with Crippen LogP contribution >= 0.6 is 11.3 Å². The quantitative estimate of drug-likeness (QED) is 0.787. The van der Waals surface area contributed by atoms with Gasteiger partial charge in [-0.3, -0.25) is 10.1 Å². The lowest BCUT2D eigenvalue weighted by Crippen LogP contribution is -2.11. The molecule has 0 bridgehead atoms. The van der Waals surface area contributed by atoms with Crippen LogP contribution in [0.1, 0.15) is 15.9 Å². The zero-order valence-corrected chi connectivity index (χ0v) is 13.8. The lowest BCUT2D eigenvalue weighted by Gasteiger charge is -2.03. The van der Waals surface area contributed by atoms with E-state index >= 15 is 0 Å². The fourth-order valence-corrected chi connectivity index (χ4v) is 3.17. The highest BCUT2D eigenvalue weighted by molar-refractivity contribution is 7.22. The van der Waals surface area contributed by atoms with Crippen LogP contribution in [0.4, 0.5) is 5.13 Å². The number of nitrogens with one attached hydrogen (secondary N) is 1. The number of anilines is 1. The third-order valence-corrected chi connectivity index (χ3v) is 4.39. The number of nitriles is 1. The fraction of sp³-hybridized carbons (Fsp3) is 0.118. The molecule has 0 atom stereocenters. The van der Waals surface area contributed by atoms with Crippen molar-refractivity contribution in [2.75, 3.05) is 19.5 Å². The zero-order valence-electron chi connectivity index (χ0n) is 13.0. The molecular weight excluding hydrogens is 326 g/mol. The smallest absolute Gasteiger partial charge is 0.257 e. The van der Waals surface area contributed by atoms with Crippen molar-refractivity contribution in [2.45, 2.75) is 0 Å².